The van der Waals surface area contributed by atoms with Gasteiger partial charge in [-0.3, -0.25) is 9.69 Å². The molecular weight excluding hydrogens is 340 g/mol. The van der Waals surface area contributed by atoms with Crippen molar-refractivity contribution in [3.63, 3.8) is 0 Å². The van der Waals surface area contributed by atoms with Crippen LogP contribution in [-0.4, -0.2) is 61.4 Å². The Balaban J connectivity index is 1.46. The van der Waals surface area contributed by atoms with E-state index in [1.54, 1.807) is 24.3 Å². The molecule has 1 saturated heterocycles. The minimum absolute atomic E-state index is 0.111. The van der Waals surface area contributed by atoms with E-state index >= 15 is 0 Å². The summed E-state index contributed by atoms with van der Waals surface area (Å²) in [5, 5.41) is 5.60. The van der Waals surface area contributed by atoms with Crippen LogP contribution in [0.4, 0.5) is 10.5 Å². The maximum absolute atomic E-state index is 12.4. The number of amides is 2. The summed E-state index contributed by atoms with van der Waals surface area (Å²) >= 11 is 0. The zero-order valence-electron chi connectivity index (χ0n) is 15.6. The molecule has 2 aromatic rings. The molecule has 1 aliphatic heterocycles. The van der Waals surface area contributed by atoms with Crippen molar-refractivity contribution < 1.29 is 9.59 Å². The molecule has 1 aliphatic rings. The molecule has 0 unspecified atom stereocenters. The van der Waals surface area contributed by atoms with Gasteiger partial charge in [0, 0.05) is 44.0 Å². The molecule has 0 atom stereocenters. The summed E-state index contributed by atoms with van der Waals surface area (Å²) in [7, 11) is 2.10. The first-order valence-corrected chi connectivity index (χ1v) is 9.23. The number of urea groups is 1. The van der Waals surface area contributed by atoms with Crippen LogP contribution in [0.1, 0.15) is 15.9 Å². The average Bonchev–Trinajstić information content (AvgIpc) is 2.69. The van der Waals surface area contributed by atoms with E-state index in [9.17, 15) is 9.59 Å². The quantitative estimate of drug-likeness (QED) is 0.771. The molecule has 6 heteroatoms. The number of hydrogen-bond acceptors (Lipinski definition) is 4. The molecule has 3 rings (SSSR count). The van der Waals surface area contributed by atoms with Gasteiger partial charge in [-0.25, -0.2) is 4.79 Å². The fourth-order valence-electron chi connectivity index (χ4n) is 2.99. The Bertz CT molecular complexity index is 754. The Hall–Kier alpha value is -2.70. The van der Waals surface area contributed by atoms with Crippen molar-refractivity contribution in [1.29, 1.82) is 0 Å². The van der Waals surface area contributed by atoms with Gasteiger partial charge in [-0.2, -0.15) is 0 Å². The van der Waals surface area contributed by atoms with E-state index in [1.165, 1.54) is 0 Å². The average molecular weight is 366 g/mol. The van der Waals surface area contributed by atoms with Crippen molar-refractivity contribution in [2.24, 2.45) is 0 Å². The highest BCUT2D eigenvalue weighted by molar-refractivity contribution is 5.98. The number of hydrogen-bond donors (Lipinski definition) is 2. The SMILES string of the molecule is CN1CCN(CC(=O)c2ccc(NC(=O)NCc3ccccc3)cc2)CC1. The Labute approximate surface area is 160 Å². The topological polar surface area (TPSA) is 64.7 Å². The predicted molar refractivity (Wildman–Crippen MR) is 107 cm³/mol. The van der Waals surface area contributed by atoms with Crippen LogP contribution in [-0.2, 0) is 6.54 Å². The van der Waals surface area contributed by atoms with Gasteiger partial charge in [-0.15, -0.1) is 0 Å². The lowest BCUT2D eigenvalue weighted by molar-refractivity contribution is 0.0876. The van der Waals surface area contributed by atoms with Crippen molar-refractivity contribution in [3.05, 3.63) is 65.7 Å². The third-order valence-electron chi connectivity index (χ3n) is 4.72. The number of ketones is 1. The van der Waals surface area contributed by atoms with Gasteiger partial charge in [0.05, 0.1) is 6.54 Å². The van der Waals surface area contributed by atoms with Gasteiger partial charge in [-0.1, -0.05) is 30.3 Å². The molecule has 0 radical (unpaired) electrons. The molecule has 0 bridgehead atoms. The van der Waals surface area contributed by atoms with E-state index in [0.717, 1.165) is 31.7 Å². The van der Waals surface area contributed by atoms with E-state index < -0.39 is 0 Å². The van der Waals surface area contributed by atoms with Gasteiger partial charge in [0.1, 0.15) is 0 Å². The van der Waals surface area contributed by atoms with E-state index in [-0.39, 0.29) is 11.8 Å². The number of nitrogens with zero attached hydrogens (tertiary/aromatic N) is 2. The van der Waals surface area contributed by atoms with Crippen molar-refractivity contribution in [3.8, 4) is 0 Å². The fourth-order valence-corrected chi connectivity index (χ4v) is 2.99. The van der Waals surface area contributed by atoms with Crippen LogP contribution in [0.2, 0.25) is 0 Å². The summed E-state index contributed by atoms with van der Waals surface area (Å²) in [6.45, 7) is 4.74. The lowest BCUT2D eigenvalue weighted by atomic mass is 10.1. The van der Waals surface area contributed by atoms with Crippen molar-refractivity contribution >= 4 is 17.5 Å². The van der Waals surface area contributed by atoms with Crippen LogP contribution in [0.3, 0.4) is 0 Å². The number of nitrogens with one attached hydrogen (secondary N) is 2. The summed E-state index contributed by atoms with van der Waals surface area (Å²) in [4.78, 5) is 28.9. The number of piperazine rings is 1. The van der Waals surface area contributed by atoms with Crippen LogP contribution in [0.25, 0.3) is 0 Å². The predicted octanol–water partition coefficient (Wildman–Crippen LogP) is 2.44. The first-order chi connectivity index (χ1) is 13.1. The summed E-state index contributed by atoms with van der Waals surface area (Å²) in [5.74, 6) is 0.111. The van der Waals surface area contributed by atoms with Gasteiger partial charge in [0.25, 0.3) is 0 Å². The highest BCUT2D eigenvalue weighted by Gasteiger charge is 2.17. The molecule has 0 spiro atoms. The summed E-state index contributed by atoms with van der Waals surface area (Å²) in [6, 6.07) is 16.5. The van der Waals surface area contributed by atoms with Crippen molar-refractivity contribution in [2.75, 3.05) is 45.1 Å². The smallest absolute Gasteiger partial charge is 0.319 e. The second kappa shape index (κ2) is 9.30. The molecule has 0 aliphatic carbocycles. The van der Waals surface area contributed by atoms with Crippen LogP contribution in [0, 0.1) is 0 Å². The Morgan fingerprint density at radius 3 is 2.26 bits per heavy atom. The highest BCUT2D eigenvalue weighted by Crippen LogP contribution is 2.11. The molecule has 1 heterocycles. The largest absolute Gasteiger partial charge is 0.334 e. The second-order valence-corrected chi connectivity index (χ2v) is 6.87. The van der Waals surface area contributed by atoms with Gasteiger partial charge in [0.2, 0.25) is 0 Å². The molecular formula is C21H26N4O2. The first kappa shape index (κ1) is 19.1. The summed E-state index contributed by atoms with van der Waals surface area (Å²) < 4.78 is 0. The number of anilines is 1. The maximum Gasteiger partial charge on any atom is 0.319 e. The summed E-state index contributed by atoms with van der Waals surface area (Å²) in [6.07, 6.45) is 0. The minimum Gasteiger partial charge on any atom is -0.334 e. The van der Waals surface area contributed by atoms with Gasteiger partial charge in [-0.05, 0) is 36.9 Å². The van der Waals surface area contributed by atoms with E-state index in [2.05, 4.69) is 27.5 Å². The van der Waals surface area contributed by atoms with Gasteiger partial charge in [0.15, 0.2) is 5.78 Å². The molecule has 0 saturated carbocycles. The number of Topliss-reactive ketones (excluding diaryl/α,β-unsaturated/α-hetero) is 1. The lowest BCUT2D eigenvalue weighted by Crippen LogP contribution is -2.46. The number of benzene rings is 2. The van der Waals surface area contributed by atoms with Crippen LogP contribution in [0.15, 0.2) is 54.6 Å². The normalized spacial score (nSPS) is 15.3. The number of rotatable bonds is 6. The van der Waals surface area contributed by atoms with E-state index in [1.807, 2.05) is 30.3 Å². The fraction of sp³-hybridized carbons (Fsp3) is 0.333. The van der Waals surface area contributed by atoms with Crippen molar-refractivity contribution in [1.82, 2.24) is 15.1 Å². The molecule has 6 nitrogen and oxygen atoms in total. The molecule has 1 fully saturated rings. The third kappa shape index (κ3) is 5.91. The van der Waals surface area contributed by atoms with Gasteiger partial charge >= 0.3 is 6.03 Å². The standard InChI is InChI=1S/C21H26N4O2/c1-24-11-13-25(14-12-24)16-20(26)18-7-9-19(10-8-18)23-21(27)22-15-17-5-3-2-4-6-17/h2-10H,11-16H2,1H3,(H2,22,23,27). The number of carbonyl (C=O) groups is 2. The monoisotopic (exact) mass is 366 g/mol. The molecule has 2 aromatic carbocycles. The van der Waals surface area contributed by atoms with Gasteiger partial charge < -0.3 is 15.5 Å². The second-order valence-electron chi connectivity index (χ2n) is 6.87. The Morgan fingerprint density at radius 1 is 0.926 bits per heavy atom. The summed E-state index contributed by atoms with van der Waals surface area (Å²) in [5.41, 5.74) is 2.37. The molecule has 27 heavy (non-hydrogen) atoms. The molecule has 0 aromatic heterocycles. The maximum atomic E-state index is 12.4. The van der Waals surface area contributed by atoms with Crippen LogP contribution >= 0.6 is 0 Å². The van der Waals surface area contributed by atoms with Crippen molar-refractivity contribution in [2.45, 2.75) is 6.54 Å². The van der Waals surface area contributed by atoms with Crippen LogP contribution < -0.4 is 10.6 Å². The number of likely N-dealkylation sites (N-methyl/N-ethyl adjacent to an activating group) is 1. The highest BCUT2D eigenvalue weighted by atomic mass is 16.2. The zero-order chi connectivity index (χ0) is 19.1. The number of carbonyl (C=O) groups excluding carboxylic acids is 2. The van der Waals surface area contributed by atoms with E-state index in [4.69, 9.17) is 0 Å². The molecule has 142 valence electrons. The minimum atomic E-state index is -0.268. The lowest BCUT2D eigenvalue weighted by Gasteiger charge is -2.31. The van der Waals surface area contributed by atoms with Crippen LogP contribution in [0.5, 0.6) is 0 Å². The van der Waals surface area contributed by atoms with E-state index in [0.29, 0.717) is 24.3 Å². The Morgan fingerprint density at radius 2 is 1.59 bits per heavy atom. The first-order valence-electron chi connectivity index (χ1n) is 9.23. The molecule has 2 amide bonds. The zero-order valence-corrected chi connectivity index (χ0v) is 15.6. The third-order valence-corrected chi connectivity index (χ3v) is 4.72. The molecule has 2 N–H and O–H groups in total. The Kier molecular flexibility index (Phi) is 6.57.